The number of ether oxygens (including phenoxy) is 2. The summed E-state index contributed by atoms with van der Waals surface area (Å²) in [6.07, 6.45) is 5.93. The van der Waals surface area contributed by atoms with Crippen molar-refractivity contribution in [3.8, 4) is 5.75 Å². The SMILES string of the molecule is CC(C)(C)OC(=O)NCCCCC[C@H](NC(=O)C1CCCC1)C(=O)COc1ccccc1F. The first kappa shape index (κ1) is 26.6. The molecule has 33 heavy (non-hydrogen) atoms. The molecule has 1 aliphatic rings. The van der Waals surface area contributed by atoms with Crippen LogP contribution in [0.5, 0.6) is 5.75 Å². The van der Waals surface area contributed by atoms with Crippen LogP contribution in [0, 0.1) is 11.7 Å². The van der Waals surface area contributed by atoms with Crippen LogP contribution in [-0.2, 0) is 14.3 Å². The number of para-hydroxylation sites is 1. The lowest BCUT2D eigenvalue weighted by atomic mass is 10.0. The van der Waals surface area contributed by atoms with Gasteiger partial charge in [0.1, 0.15) is 12.2 Å². The fourth-order valence-electron chi connectivity index (χ4n) is 3.76. The highest BCUT2D eigenvalue weighted by Crippen LogP contribution is 2.25. The summed E-state index contributed by atoms with van der Waals surface area (Å²) in [7, 11) is 0. The molecule has 0 saturated heterocycles. The van der Waals surface area contributed by atoms with Gasteiger partial charge < -0.3 is 20.1 Å². The second-order valence-electron chi connectivity index (χ2n) is 9.51. The minimum atomic E-state index is -0.677. The zero-order valence-electron chi connectivity index (χ0n) is 20.0. The molecular formula is C25H37FN2O5. The number of alkyl carbamates (subject to hydrolysis) is 1. The molecule has 1 aliphatic carbocycles. The third kappa shape index (κ3) is 10.2. The minimum absolute atomic E-state index is 0.0138. The van der Waals surface area contributed by atoms with E-state index in [9.17, 15) is 18.8 Å². The smallest absolute Gasteiger partial charge is 0.407 e. The Balaban J connectivity index is 1.80. The Labute approximate surface area is 195 Å². The molecule has 0 aliphatic heterocycles. The maximum Gasteiger partial charge on any atom is 0.407 e. The van der Waals surface area contributed by atoms with E-state index in [-0.39, 0.29) is 30.0 Å². The third-order valence-corrected chi connectivity index (χ3v) is 5.48. The number of ketones is 1. The molecule has 2 rings (SSSR count). The van der Waals surface area contributed by atoms with Gasteiger partial charge in [-0.25, -0.2) is 9.18 Å². The van der Waals surface area contributed by atoms with Gasteiger partial charge in [-0.05, 0) is 58.6 Å². The number of amides is 2. The molecule has 0 heterocycles. The fraction of sp³-hybridized carbons (Fsp3) is 0.640. The van der Waals surface area contributed by atoms with Crippen molar-refractivity contribution in [3.63, 3.8) is 0 Å². The van der Waals surface area contributed by atoms with E-state index in [2.05, 4.69) is 10.6 Å². The van der Waals surface area contributed by atoms with Crippen molar-refractivity contribution in [1.29, 1.82) is 0 Å². The average Bonchev–Trinajstić information content (AvgIpc) is 3.28. The molecule has 0 spiro atoms. The molecule has 0 aromatic heterocycles. The van der Waals surface area contributed by atoms with Gasteiger partial charge in [0, 0.05) is 12.5 Å². The number of nitrogens with one attached hydrogen (secondary N) is 2. The van der Waals surface area contributed by atoms with Crippen molar-refractivity contribution in [1.82, 2.24) is 10.6 Å². The number of halogens is 1. The number of hydrogen-bond acceptors (Lipinski definition) is 5. The molecule has 1 fully saturated rings. The van der Waals surface area contributed by atoms with E-state index in [0.29, 0.717) is 19.4 Å². The fourth-order valence-corrected chi connectivity index (χ4v) is 3.76. The molecule has 2 N–H and O–H groups in total. The van der Waals surface area contributed by atoms with Crippen molar-refractivity contribution in [2.45, 2.75) is 83.8 Å². The van der Waals surface area contributed by atoms with E-state index in [1.807, 2.05) is 0 Å². The average molecular weight is 465 g/mol. The number of rotatable bonds is 12. The number of benzene rings is 1. The molecule has 1 atom stereocenters. The van der Waals surface area contributed by atoms with Crippen LogP contribution in [-0.4, -0.2) is 42.6 Å². The van der Waals surface area contributed by atoms with Gasteiger partial charge in [0.25, 0.3) is 0 Å². The minimum Gasteiger partial charge on any atom is -0.483 e. The number of Topliss-reactive ketones (excluding diaryl/α,β-unsaturated/α-hetero) is 1. The van der Waals surface area contributed by atoms with Crippen LogP contribution in [0.3, 0.4) is 0 Å². The number of carbonyl (C=O) groups excluding carboxylic acids is 3. The predicted octanol–water partition coefficient (Wildman–Crippen LogP) is 4.53. The van der Waals surface area contributed by atoms with Crippen LogP contribution < -0.4 is 15.4 Å². The monoisotopic (exact) mass is 464 g/mol. The Morgan fingerprint density at radius 1 is 1.09 bits per heavy atom. The second kappa shape index (κ2) is 13.2. The topological polar surface area (TPSA) is 93.7 Å². The standard InChI is InChI=1S/C25H37FN2O5/c1-25(2,3)33-24(31)27-16-10-4-5-14-20(28-23(30)18-11-6-7-12-18)21(29)17-32-22-15-9-8-13-19(22)26/h8-9,13,15,18,20H,4-7,10-12,14,16-17H2,1-3H3,(H,27,31)(H,28,30)/t20-/m0/s1. The van der Waals surface area contributed by atoms with E-state index in [0.717, 1.165) is 38.5 Å². The molecular weight excluding hydrogens is 427 g/mol. The summed E-state index contributed by atoms with van der Waals surface area (Å²) in [5.41, 5.74) is -0.542. The summed E-state index contributed by atoms with van der Waals surface area (Å²) < 4.78 is 24.3. The van der Waals surface area contributed by atoms with Crippen molar-refractivity contribution < 1.29 is 28.2 Å². The third-order valence-electron chi connectivity index (χ3n) is 5.48. The molecule has 1 aromatic carbocycles. The molecule has 8 heteroatoms. The van der Waals surface area contributed by atoms with E-state index in [1.165, 1.54) is 12.1 Å². The Morgan fingerprint density at radius 3 is 2.45 bits per heavy atom. The quantitative estimate of drug-likeness (QED) is 0.443. The van der Waals surface area contributed by atoms with Gasteiger partial charge >= 0.3 is 6.09 Å². The molecule has 1 aromatic rings. The zero-order valence-corrected chi connectivity index (χ0v) is 20.0. The Bertz CT molecular complexity index is 787. The molecule has 7 nitrogen and oxygen atoms in total. The van der Waals surface area contributed by atoms with Gasteiger partial charge in [-0.3, -0.25) is 9.59 Å². The van der Waals surface area contributed by atoms with Crippen LogP contribution >= 0.6 is 0 Å². The summed E-state index contributed by atoms with van der Waals surface area (Å²) in [6.45, 7) is 5.58. The zero-order chi connectivity index (χ0) is 24.3. The predicted molar refractivity (Wildman–Crippen MR) is 123 cm³/mol. The summed E-state index contributed by atoms with van der Waals surface area (Å²) in [5.74, 6) is -0.945. The molecule has 1 saturated carbocycles. The molecule has 0 radical (unpaired) electrons. The van der Waals surface area contributed by atoms with Crippen LogP contribution in [0.25, 0.3) is 0 Å². The second-order valence-corrected chi connectivity index (χ2v) is 9.51. The van der Waals surface area contributed by atoms with Crippen molar-refractivity contribution in [2.75, 3.05) is 13.2 Å². The highest BCUT2D eigenvalue weighted by Gasteiger charge is 2.27. The lowest BCUT2D eigenvalue weighted by Gasteiger charge is -2.21. The summed E-state index contributed by atoms with van der Waals surface area (Å²) >= 11 is 0. The largest absolute Gasteiger partial charge is 0.483 e. The maximum atomic E-state index is 13.8. The van der Waals surface area contributed by atoms with Crippen LogP contribution in [0.4, 0.5) is 9.18 Å². The molecule has 184 valence electrons. The first-order chi connectivity index (χ1) is 15.7. The van der Waals surface area contributed by atoms with Crippen LogP contribution in [0.15, 0.2) is 24.3 Å². The van der Waals surface area contributed by atoms with E-state index < -0.39 is 23.6 Å². The highest BCUT2D eigenvalue weighted by atomic mass is 19.1. The van der Waals surface area contributed by atoms with Gasteiger partial charge in [-0.15, -0.1) is 0 Å². The van der Waals surface area contributed by atoms with Crippen LogP contribution in [0.2, 0.25) is 0 Å². The van der Waals surface area contributed by atoms with Gasteiger partial charge in [-0.1, -0.05) is 37.8 Å². The first-order valence-electron chi connectivity index (χ1n) is 11.8. The Kier molecular flexibility index (Phi) is 10.6. The van der Waals surface area contributed by atoms with Gasteiger partial charge in [-0.2, -0.15) is 0 Å². The number of carbonyl (C=O) groups is 3. The normalized spacial score (nSPS) is 15.0. The lowest BCUT2D eigenvalue weighted by Crippen LogP contribution is -2.45. The number of unbranched alkanes of at least 4 members (excludes halogenated alkanes) is 2. The lowest BCUT2D eigenvalue weighted by molar-refractivity contribution is -0.131. The molecule has 2 amide bonds. The maximum absolute atomic E-state index is 13.8. The van der Waals surface area contributed by atoms with E-state index in [1.54, 1.807) is 32.9 Å². The van der Waals surface area contributed by atoms with Gasteiger partial charge in [0.2, 0.25) is 5.91 Å². The van der Waals surface area contributed by atoms with Gasteiger partial charge in [0.15, 0.2) is 17.3 Å². The summed E-state index contributed by atoms with van der Waals surface area (Å²) in [6, 6.07) is 5.24. The first-order valence-corrected chi connectivity index (χ1v) is 11.8. The van der Waals surface area contributed by atoms with Crippen molar-refractivity contribution in [3.05, 3.63) is 30.1 Å². The summed E-state index contributed by atoms with van der Waals surface area (Å²) in [5, 5.41) is 5.60. The number of hydrogen-bond donors (Lipinski definition) is 2. The van der Waals surface area contributed by atoms with Crippen molar-refractivity contribution >= 4 is 17.8 Å². The Morgan fingerprint density at radius 2 is 1.79 bits per heavy atom. The highest BCUT2D eigenvalue weighted by molar-refractivity contribution is 5.90. The van der Waals surface area contributed by atoms with Gasteiger partial charge in [0.05, 0.1) is 6.04 Å². The molecule has 0 unspecified atom stereocenters. The Hall–Kier alpha value is -2.64. The van der Waals surface area contributed by atoms with Crippen molar-refractivity contribution in [2.24, 2.45) is 5.92 Å². The molecule has 0 bridgehead atoms. The summed E-state index contributed by atoms with van der Waals surface area (Å²) in [4.78, 5) is 37.1. The van der Waals surface area contributed by atoms with E-state index >= 15 is 0 Å². The van der Waals surface area contributed by atoms with Crippen LogP contribution in [0.1, 0.15) is 72.1 Å². The van der Waals surface area contributed by atoms with E-state index in [4.69, 9.17) is 9.47 Å².